The molecule has 0 aliphatic heterocycles. The number of carbonyl (C=O) groups excluding carboxylic acids is 1. The molecule has 0 saturated carbocycles. The van der Waals surface area contributed by atoms with Gasteiger partial charge in [-0.15, -0.1) is 0 Å². The average Bonchev–Trinajstić information content (AvgIpc) is 3.64. The predicted octanol–water partition coefficient (Wildman–Crippen LogP) is 24.4. The van der Waals surface area contributed by atoms with Crippen LogP contribution in [0.4, 0.5) is 0 Å². The second-order valence-electron chi connectivity index (χ2n) is 26.3. The van der Waals surface area contributed by atoms with Gasteiger partial charge in [-0.3, -0.25) is 13.8 Å². The summed E-state index contributed by atoms with van der Waals surface area (Å²) in [6.45, 7) is 4.70. The van der Waals surface area contributed by atoms with Crippen LogP contribution in [0.3, 0.4) is 0 Å². The Bertz CT molecular complexity index is 1870. The van der Waals surface area contributed by atoms with Crippen LogP contribution in [0.1, 0.15) is 328 Å². The highest BCUT2D eigenvalue weighted by Gasteiger charge is 2.28. The molecule has 8 nitrogen and oxygen atoms in total. The molecule has 0 fully saturated rings. The van der Waals surface area contributed by atoms with Crippen LogP contribution in [0.5, 0.6) is 0 Å². The van der Waals surface area contributed by atoms with Crippen molar-refractivity contribution in [3.05, 3.63) is 122 Å². The minimum Gasteiger partial charge on any atom is -0.387 e. The van der Waals surface area contributed by atoms with Gasteiger partial charge in [-0.2, -0.15) is 0 Å². The van der Waals surface area contributed by atoms with E-state index < -0.39 is 20.0 Å². The van der Waals surface area contributed by atoms with Crippen LogP contribution in [-0.4, -0.2) is 73.4 Å². The lowest BCUT2D eigenvalue weighted by Crippen LogP contribution is -2.45. The summed E-state index contributed by atoms with van der Waals surface area (Å²) in [6, 6.07) is -0.880. The number of rotatable bonds is 68. The number of quaternary nitrogens is 1. The average molecular weight is 1260 g/mol. The van der Waals surface area contributed by atoms with Crippen molar-refractivity contribution in [2.75, 3.05) is 40.9 Å². The summed E-state index contributed by atoms with van der Waals surface area (Å²) in [5, 5.41) is 14.0. The van der Waals surface area contributed by atoms with Gasteiger partial charge in [0.15, 0.2) is 0 Å². The third-order valence-corrected chi connectivity index (χ3v) is 17.4. The molecule has 0 aliphatic rings. The number of hydrogen-bond acceptors (Lipinski definition) is 5. The number of phosphoric acid groups is 1. The molecule has 0 aromatic heterocycles. The molecule has 9 heteroatoms. The first kappa shape index (κ1) is 85.9. The normalized spacial score (nSPS) is 14.3. The van der Waals surface area contributed by atoms with Gasteiger partial charge in [0.25, 0.3) is 0 Å². The Labute approximate surface area is 552 Å². The number of nitrogens with one attached hydrogen (secondary N) is 1. The predicted molar refractivity (Wildman–Crippen MR) is 392 cm³/mol. The van der Waals surface area contributed by atoms with E-state index in [0.717, 1.165) is 89.9 Å². The molecule has 0 spiro atoms. The maximum Gasteiger partial charge on any atom is 0.472 e. The topological polar surface area (TPSA) is 105 Å². The molecule has 0 bridgehead atoms. The van der Waals surface area contributed by atoms with Gasteiger partial charge in [-0.1, -0.05) is 341 Å². The van der Waals surface area contributed by atoms with Crippen LogP contribution in [0.15, 0.2) is 122 Å². The number of allylic oxidation sites excluding steroid dienone is 19. The van der Waals surface area contributed by atoms with Crippen LogP contribution in [0, 0.1) is 0 Å². The number of likely N-dealkylation sites (N-methyl/N-ethyl adjacent to an activating group) is 1. The fourth-order valence-corrected chi connectivity index (χ4v) is 11.4. The summed E-state index contributed by atoms with van der Waals surface area (Å²) in [5.41, 5.74) is 0. The summed E-state index contributed by atoms with van der Waals surface area (Å²) in [4.78, 5) is 23.5. The summed E-state index contributed by atoms with van der Waals surface area (Å²) >= 11 is 0. The first-order chi connectivity index (χ1) is 43.5. The minimum absolute atomic E-state index is 0.0487. The molecule has 0 aromatic carbocycles. The number of unbranched alkanes of at least 4 members (excludes halogenated alkanes) is 37. The van der Waals surface area contributed by atoms with Crippen molar-refractivity contribution in [1.82, 2.24) is 5.32 Å². The fraction of sp³-hybridized carbons (Fsp3) is 0.738. The van der Waals surface area contributed by atoms with E-state index in [1.54, 1.807) is 6.08 Å². The Morgan fingerprint density at radius 3 is 1.03 bits per heavy atom. The molecule has 3 unspecified atom stereocenters. The summed E-state index contributed by atoms with van der Waals surface area (Å²) < 4.78 is 23.8. The van der Waals surface area contributed by atoms with Gasteiger partial charge < -0.3 is 19.8 Å². The number of aliphatic hydroxyl groups is 1. The number of aliphatic hydroxyl groups excluding tert-OH is 1. The van der Waals surface area contributed by atoms with Crippen molar-refractivity contribution in [3.8, 4) is 0 Å². The number of hydrogen-bond donors (Lipinski definition) is 3. The third-order valence-electron chi connectivity index (χ3n) is 16.4. The van der Waals surface area contributed by atoms with Crippen molar-refractivity contribution in [3.63, 3.8) is 0 Å². The molecule has 3 atom stereocenters. The van der Waals surface area contributed by atoms with Gasteiger partial charge >= 0.3 is 7.82 Å². The Morgan fingerprint density at radius 2 is 0.685 bits per heavy atom. The van der Waals surface area contributed by atoms with Crippen LogP contribution >= 0.6 is 7.82 Å². The molecule has 0 saturated heterocycles. The first-order valence-electron chi connectivity index (χ1n) is 37.4. The molecule has 0 radical (unpaired) electrons. The molecule has 1 amide bonds. The molecule has 3 N–H and O–H groups in total. The highest BCUT2D eigenvalue weighted by molar-refractivity contribution is 7.47. The molecular formula is C80H144N2O6P+. The van der Waals surface area contributed by atoms with E-state index in [2.05, 4.69) is 129 Å². The number of phosphoric ester groups is 1. The quantitative estimate of drug-likeness (QED) is 0.0243. The maximum absolute atomic E-state index is 13.1. The smallest absolute Gasteiger partial charge is 0.387 e. The zero-order valence-electron chi connectivity index (χ0n) is 58.9. The molecule has 0 heterocycles. The van der Waals surface area contributed by atoms with Crippen LogP contribution in [0.2, 0.25) is 0 Å². The molecule has 0 rings (SSSR count). The van der Waals surface area contributed by atoms with Crippen molar-refractivity contribution >= 4 is 13.7 Å². The molecular weight excluding hydrogens is 1120 g/mol. The largest absolute Gasteiger partial charge is 0.472 e. The Hall–Kier alpha value is -3.10. The van der Waals surface area contributed by atoms with Crippen molar-refractivity contribution in [2.45, 2.75) is 341 Å². The number of carbonyl (C=O) groups is 1. The zero-order chi connectivity index (χ0) is 64.8. The molecule has 0 aromatic rings. The third kappa shape index (κ3) is 72.2. The van der Waals surface area contributed by atoms with Crippen molar-refractivity contribution in [1.29, 1.82) is 0 Å². The SMILES string of the molecule is CC/C=C\C/C=C\C/C=C\C/C=C\C/C=C\C/C=C\C/C=C\CCCCCCCCCCCCCCCC(=O)NC(COP(=O)(O)OCC[N+](C)(C)C)C(O)/C=C/CC/C=C/CC/C=C/CCCCCCCCCCCCCCCCCCCCCCCC. The highest BCUT2D eigenvalue weighted by atomic mass is 31.2. The Morgan fingerprint density at radius 1 is 0.393 bits per heavy atom. The lowest BCUT2D eigenvalue weighted by atomic mass is 10.0. The standard InChI is InChI=1S/C80H143N2O6P/c1-6-8-10-12-14-16-18-20-22-24-26-28-30-32-34-36-38-40-41-42-44-46-48-50-52-54-56-58-60-62-64-66-68-70-72-74-80(84)81-78(77-88-89(85,86)87-76-75-82(3,4)5)79(83)73-71-69-67-65-63-61-59-57-55-53-51-49-47-45-43-39-37-35-33-31-29-27-25-23-21-19-17-15-13-11-9-7-2/h8,10,14,16,20,22,26,28,32,34,38,40,42,44,55,57,63,65,71,73,78-79,83H,6-7,9,11-13,15,17-19,21,23-25,27,29-31,33,35-37,39,41,43,45-54,56,58-62,64,66-70,72,74-77H2,1-5H3,(H-,81,84,85,86)/p+1/b10-8-,16-14-,22-20-,28-26-,34-32-,40-38-,44-42-,57-55+,65-63+,73-71+. The second kappa shape index (κ2) is 69.2. The van der Waals surface area contributed by atoms with E-state index in [4.69, 9.17) is 9.05 Å². The maximum atomic E-state index is 13.1. The molecule has 514 valence electrons. The van der Waals surface area contributed by atoms with Gasteiger partial charge in [0, 0.05) is 6.42 Å². The van der Waals surface area contributed by atoms with E-state index in [1.165, 1.54) is 218 Å². The first-order valence-corrected chi connectivity index (χ1v) is 38.9. The molecule has 89 heavy (non-hydrogen) atoms. The zero-order valence-corrected chi connectivity index (χ0v) is 59.8. The van der Waals surface area contributed by atoms with Gasteiger partial charge in [0.1, 0.15) is 13.2 Å². The van der Waals surface area contributed by atoms with Crippen LogP contribution in [0.25, 0.3) is 0 Å². The van der Waals surface area contributed by atoms with Gasteiger partial charge in [-0.05, 0) is 103 Å². The van der Waals surface area contributed by atoms with Crippen LogP contribution < -0.4 is 5.32 Å². The summed E-state index contributed by atoms with van der Waals surface area (Å²) in [6.07, 6.45) is 104. The highest BCUT2D eigenvalue weighted by Crippen LogP contribution is 2.43. The van der Waals surface area contributed by atoms with E-state index in [0.29, 0.717) is 17.4 Å². The van der Waals surface area contributed by atoms with E-state index in [9.17, 15) is 19.4 Å². The second-order valence-corrected chi connectivity index (χ2v) is 27.7. The van der Waals surface area contributed by atoms with Crippen LogP contribution in [-0.2, 0) is 18.4 Å². The Kier molecular flexibility index (Phi) is 66.8. The lowest BCUT2D eigenvalue weighted by Gasteiger charge is -2.25. The fourth-order valence-electron chi connectivity index (χ4n) is 10.6. The van der Waals surface area contributed by atoms with Crippen molar-refractivity contribution in [2.24, 2.45) is 0 Å². The lowest BCUT2D eigenvalue weighted by molar-refractivity contribution is -0.870. The van der Waals surface area contributed by atoms with Gasteiger partial charge in [-0.25, -0.2) is 4.57 Å². The monoisotopic (exact) mass is 1260 g/mol. The van der Waals surface area contributed by atoms with E-state index in [1.807, 2.05) is 27.2 Å². The summed E-state index contributed by atoms with van der Waals surface area (Å²) in [5.74, 6) is -0.193. The molecule has 0 aliphatic carbocycles. The van der Waals surface area contributed by atoms with Crippen molar-refractivity contribution < 1.29 is 32.9 Å². The Balaban J connectivity index is 4.12. The van der Waals surface area contributed by atoms with E-state index in [-0.39, 0.29) is 19.1 Å². The van der Waals surface area contributed by atoms with E-state index >= 15 is 0 Å². The number of amides is 1. The van der Waals surface area contributed by atoms with Gasteiger partial charge in [0.05, 0.1) is 39.9 Å². The number of nitrogens with zero attached hydrogens (tertiary/aromatic N) is 1. The minimum atomic E-state index is -4.38. The summed E-state index contributed by atoms with van der Waals surface area (Å²) in [7, 11) is 1.54. The van der Waals surface area contributed by atoms with Gasteiger partial charge in [0.2, 0.25) is 5.91 Å².